The van der Waals surface area contributed by atoms with Gasteiger partial charge in [0.1, 0.15) is 5.54 Å². The Morgan fingerprint density at radius 1 is 1.20 bits per heavy atom. The fraction of sp³-hybridized carbons (Fsp3) is 0.263. The van der Waals surface area contributed by atoms with Crippen LogP contribution in [0.4, 0.5) is 0 Å². The summed E-state index contributed by atoms with van der Waals surface area (Å²) < 4.78 is 0. The van der Waals surface area contributed by atoms with E-state index in [1.807, 2.05) is 36.4 Å². The van der Waals surface area contributed by atoms with E-state index in [9.17, 15) is 9.59 Å². The SMILES string of the molecule is NC(=O)C1(NC(=O)C=Cc2ccc(-c3cccc(Cl)c3)s2)CCCC1. The van der Waals surface area contributed by atoms with Crippen molar-refractivity contribution in [3.63, 3.8) is 0 Å². The molecule has 0 bridgehead atoms. The summed E-state index contributed by atoms with van der Waals surface area (Å²) in [6.45, 7) is 0. The first-order valence-electron chi connectivity index (χ1n) is 8.14. The van der Waals surface area contributed by atoms with E-state index in [0.717, 1.165) is 28.2 Å². The average Bonchev–Trinajstić information content (AvgIpc) is 3.23. The van der Waals surface area contributed by atoms with Crippen LogP contribution in [0, 0.1) is 0 Å². The molecule has 1 aromatic carbocycles. The molecule has 1 heterocycles. The summed E-state index contributed by atoms with van der Waals surface area (Å²) in [5, 5.41) is 3.49. The number of rotatable bonds is 5. The third-order valence-electron chi connectivity index (χ3n) is 4.43. The first-order chi connectivity index (χ1) is 12.0. The van der Waals surface area contributed by atoms with Crippen LogP contribution in [-0.2, 0) is 9.59 Å². The number of halogens is 1. The quantitative estimate of drug-likeness (QED) is 0.776. The molecular weight excluding hydrogens is 356 g/mol. The van der Waals surface area contributed by atoms with Crippen molar-refractivity contribution in [1.82, 2.24) is 5.32 Å². The van der Waals surface area contributed by atoms with Crippen LogP contribution in [0.15, 0.2) is 42.5 Å². The summed E-state index contributed by atoms with van der Waals surface area (Å²) in [7, 11) is 0. The number of carbonyl (C=O) groups is 2. The van der Waals surface area contributed by atoms with E-state index in [-0.39, 0.29) is 5.91 Å². The predicted molar refractivity (Wildman–Crippen MR) is 102 cm³/mol. The second-order valence-electron chi connectivity index (χ2n) is 6.19. The molecule has 6 heteroatoms. The maximum atomic E-state index is 12.2. The smallest absolute Gasteiger partial charge is 0.244 e. The van der Waals surface area contributed by atoms with Crippen molar-refractivity contribution < 1.29 is 9.59 Å². The number of primary amides is 1. The first kappa shape index (κ1) is 17.7. The normalized spacial score (nSPS) is 16.2. The summed E-state index contributed by atoms with van der Waals surface area (Å²) >= 11 is 7.59. The third-order valence-corrected chi connectivity index (χ3v) is 5.76. The van der Waals surface area contributed by atoms with Crippen molar-refractivity contribution in [1.29, 1.82) is 0 Å². The Morgan fingerprint density at radius 3 is 2.64 bits per heavy atom. The molecule has 1 aliphatic rings. The Labute approximate surface area is 155 Å². The van der Waals surface area contributed by atoms with Crippen molar-refractivity contribution in [2.24, 2.45) is 5.73 Å². The minimum Gasteiger partial charge on any atom is -0.368 e. The van der Waals surface area contributed by atoms with Gasteiger partial charge >= 0.3 is 0 Å². The van der Waals surface area contributed by atoms with Gasteiger partial charge in [-0.15, -0.1) is 11.3 Å². The molecular formula is C19H19ClN2O2S. The molecule has 1 saturated carbocycles. The largest absolute Gasteiger partial charge is 0.368 e. The highest BCUT2D eigenvalue weighted by Crippen LogP contribution is 2.31. The Balaban J connectivity index is 1.68. The summed E-state index contributed by atoms with van der Waals surface area (Å²) in [6, 6.07) is 11.6. The zero-order valence-electron chi connectivity index (χ0n) is 13.6. The molecule has 25 heavy (non-hydrogen) atoms. The summed E-state index contributed by atoms with van der Waals surface area (Å²) in [4.78, 5) is 25.9. The van der Waals surface area contributed by atoms with E-state index >= 15 is 0 Å². The number of hydrogen-bond acceptors (Lipinski definition) is 3. The van der Waals surface area contributed by atoms with Crippen LogP contribution < -0.4 is 11.1 Å². The Morgan fingerprint density at radius 2 is 1.96 bits per heavy atom. The van der Waals surface area contributed by atoms with E-state index in [1.54, 1.807) is 17.4 Å². The van der Waals surface area contributed by atoms with Crippen molar-refractivity contribution in [3.05, 3.63) is 52.4 Å². The minimum atomic E-state index is -0.886. The minimum absolute atomic E-state index is 0.293. The maximum Gasteiger partial charge on any atom is 0.244 e. The highest BCUT2D eigenvalue weighted by molar-refractivity contribution is 7.16. The molecule has 0 aliphatic heterocycles. The van der Waals surface area contributed by atoms with Crippen LogP contribution in [0.1, 0.15) is 30.6 Å². The second-order valence-corrected chi connectivity index (χ2v) is 7.74. The van der Waals surface area contributed by atoms with Gasteiger partial charge in [-0.25, -0.2) is 0 Å². The van der Waals surface area contributed by atoms with E-state index in [2.05, 4.69) is 5.32 Å². The molecule has 0 saturated heterocycles. The Bertz CT molecular complexity index is 822. The third kappa shape index (κ3) is 4.11. The van der Waals surface area contributed by atoms with Crippen molar-refractivity contribution >= 4 is 40.8 Å². The van der Waals surface area contributed by atoms with Gasteiger partial charge in [0.15, 0.2) is 0 Å². The lowest BCUT2D eigenvalue weighted by Gasteiger charge is -2.25. The molecule has 2 aromatic rings. The van der Waals surface area contributed by atoms with E-state index < -0.39 is 11.4 Å². The number of nitrogens with two attached hydrogens (primary N) is 1. The van der Waals surface area contributed by atoms with Crippen molar-refractivity contribution in [3.8, 4) is 10.4 Å². The molecule has 3 N–H and O–H groups in total. The average molecular weight is 375 g/mol. The van der Waals surface area contributed by atoms with Gasteiger partial charge in [-0.05, 0) is 48.7 Å². The number of amides is 2. The van der Waals surface area contributed by atoms with Gasteiger partial charge in [-0.1, -0.05) is 36.6 Å². The Hall–Kier alpha value is -2.11. The number of carbonyl (C=O) groups excluding carboxylic acids is 2. The molecule has 1 aliphatic carbocycles. The van der Waals surface area contributed by atoms with Crippen LogP contribution >= 0.6 is 22.9 Å². The predicted octanol–water partition coefficient (Wildman–Crippen LogP) is 4.00. The maximum absolute atomic E-state index is 12.2. The zero-order chi connectivity index (χ0) is 17.9. The van der Waals surface area contributed by atoms with Gasteiger partial charge in [-0.3, -0.25) is 9.59 Å². The lowest BCUT2D eigenvalue weighted by atomic mass is 9.96. The zero-order valence-corrected chi connectivity index (χ0v) is 15.2. The van der Waals surface area contributed by atoms with E-state index in [1.165, 1.54) is 6.08 Å². The van der Waals surface area contributed by atoms with Gasteiger partial charge in [0.25, 0.3) is 0 Å². The van der Waals surface area contributed by atoms with Crippen LogP contribution in [-0.4, -0.2) is 17.4 Å². The summed E-state index contributed by atoms with van der Waals surface area (Å²) in [6.07, 6.45) is 6.23. The van der Waals surface area contributed by atoms with Gasteiger partial charge in [-0.2, -0.15) is 0 Å². The fourth-order valence-electron chi connectivity index (χ4n) is 3.09. The summed E-state index contributed by atoms with van der Waals surface area (Å²) in [5.74, 6) is -0.746. The highest BCUT2D eigenvalue weighted by atomic mass is 35.5. The number of thiophene rings is 1. The molecule has 0 spiro atoms. The van der Waals surface area contributed by atoms with Gasteiger partial charge in [0, 0.05) is 20.9 Å². The van der Waals surface area contributed by atoms with Crippen molar-refractivity contribution in [2.75, 3.05) is 0 Å². The van der Waals surface area contributed by atoms with Gasteiger partial charge in [0.05, 0.1) is 0 Å². The number of nitrogens with one attached hydrogen (secondary N) is 1. The van der Waals surface area contributed by atoms with Crippen LogP contribution in [0.5, 0.6) is 0 Å². The lowest BCUT2D eigenvalue weighted by Crippen LogP contribution is -2.55. The molecule has 0 radical (unpaired) electrons. The molecule has 1 aromatic heterocycles. The summed E-state index contributed by atoms with van der Waals surface area (Å²) in [5.41, 5.74) is 5.64. The van der Waals surface area contributed by atoms with E-state index in [4.69, 9.17) is 17.3 Å². The van der Waals surface area contributed by atoms with Crippen LogP contribution in [0.3, 0.4) is 0 Å². The molecule has 0 atom stereocenters. The molecule has 2 amide bonds. The van der Waals surface area contributed by atoms with Gasteiger partial charge in [0.2, 0.25) is 11.8 Å². The molecule has 1 fully saturated rings. The van der Waals surface area contributed by atoms with Crippen LogP contribution in [0.2, 0.25) is 5.02 Å². The fourth-order valence-corrected chi connectivity index (χ4v) is 4.18. The van der Waals surface area contributed by atoms with Crippen molar-refractivity contribution in [2.45, 2.75) is 31.2 Å². The molecule has 130 valence electrons. The number of benzene rings is 1. The van der Waals surface area contributed by atoms with E-state index in [0.29, 0.717) is 17.9 Å². The highest BCUT2D eigenvalue weighted by Gasteiger charge is 2.40. The lowest BCUT2D eigenvalue weighted by molar-refractivity contribution is -0.129. The van der Waals surface area contributed by atoms with Gasteiger partial charge < -0.3 is 11.1 Å². The monoisotopic (exact) mass is 374 g/mol. The molecule has 3 rings (SSSR count). The van der Waals surface area contributed by atoms with Crippen LogP contribution in [0.25, 0.3) is 16.5 Å². The standard InChI is InChI=1S/C19H19ClN2O2S/c20-14-5-3-4-13(12-14)16-8-6-15(25-16)7-9-17(23)22-19(18(21)24)10-1-2-11-19/h3-9,12H,1-2,10-11H2,(H2,21,24)(H,22,23). The molecule has 4 nitrogen and oxygen atoms in total. The second kappa shape index (κ2) is 7.42. The molecule has 0 unspecified atom stereocenters. The first-order valence-corrected chi connectivity index (χ1v) is 9.34. The number of hydrogen-bond donors (Lipinski definition) is 2. The Kier molecular flexibility index (Phi) is 5.25. The topological polar surface area (TPSA) is 72.2 Å².